The molecule has 2 aromatic rings. The zero-order valence-corrected chi connectivity index (χ0v) is 7.41. The second-order valence-electron chi connectivity index (χ2n) is 2.73. The van der Waals surface area contributed by atoms with Crippen LogP contribution in [-0.2, 0) is 0 Å². The van der Waals surface area contributed by atoms with Crippen LogP contribution in [0, 0.1) is 10.1 Å². The maximum absolute atomic E-state index is 11.0. The van der Waals surface area contributed by atoms with E-state index in [2.05, 4.69) is 9.79 Å². The van der Waals surface area contributed by atoms with Crippen LogP contribution in [0.2, 0.25) is 0 Å². The van der Waals surface area contributed by atoms with Crippen molar-refractivity contribution in [2.24, 2.45) is 0 Å². The quantitative estimate of drug-likeness (QED) is 0.432. The van der Waals surface area contributed by atoms with Gasteiger partial charge in [0.2, 0.25) is 5.69 Å². The minimum Gasteiger partial charge on any atom is -0.277 e. The van der Waals surface area contributed by atoms with Crippen molar-refractivity contribution in [3.05, 3.63) is 50.9 Å². The van der Waals surface area contributed by atoms with E-state index in [9.17, 15) is 14.9 Å². The van der Waals surface area contributed by atoms with Gasteiger partial charge in [0.15, 0.2) is 0 Å². The topological polar surface area (TPSA) is 93.0 Å². The van der Waals surface area contributed by atoms with Crippen LogP contribution in [-0.4, -0.2) is 10.2 Å². The Labute approximate surface area is 82.7 Å². The molecule has 1 N–H and O–H groups in total. The molecule has 0 aliphatic rings. The molecule has 7 heteroatoms. The molecule has 0 aliphatic carbocycles. The summed E-state index contributed by atoms with van der Waals surface area (Å²) in [5, 5.41) is 12.7. The molecule has 0 unspecified atom stereocenters. The first-order chi connectivity index (χ1) is 7.20. The van der Waals surface area contributed by atoms with E-state index >= 15 is 0 Å². The van der Waals surface area contributed by atoms with E-state index in [4.69, 9.17) is 0 Å². The fourth-order valence-electron chi connectivity index (χ4n) is 1.18. The highest BCUT2D eigenvalue weighted by Gasteiger charge is 2.34. The van der Waals surface area contributed by atoms with Crippen molar-refractivity contribution in [1.29, 1.82) is 0 Å². The molecule has 0 bridgehead atoms. The second kappa shape index (κ2) is 3.37. The number of nitrogens with zero attached hydrogens (tertiary/aromatic N) is 2. The summed E-state index contributed by atoms with van der Waals surface area (Å²) in [7, 11) is 0. The Hall–Kier alpha value is -2.44. The maximum atomic E-state index is 11.0. The van der Waals surface area contributed by atoms with Crippen molar-refractivity contribution in [1.82, 2.24) is 5.27 Å². The Morgan fingerprint density at radius 3 is 2.60 bits per heavy atom. The molecule has 76 valence electrons. The summed E-state index contributed by atoms with van der Waals surface area (Å²) < 4.78 is 5.33. The molecule has 1 heterocycles. The second-order valence-corrected chi connectivity index (χ2v) is 2.73. The molecule has 1 aromatic heterocycles. The Morgan fingerprint density at radius 2 is 2.00 bits per heavy atom. The standard InChI is InChI=1S/C8H5N3O4/c12-8-7(11(13)14)10(9-15-8)6-4-2-1-3-5-6/h1-5H/p+1. The first-order valence-electron chi connectivity index (χ1n) is 4.03. The van der Waals surface area contributed by atoms with E-state index in [1.54, 1.807) is 30.3 Å². The number of hydrogen-bond acceptors (Lipinski definition) is 4. The third-order valence-corrected chi connectivity index (χ3v) is 1.81. The van der Waals surface area contributed by atoms with Crippen LogP contribution in [0.4, 0.5) is 5.82 Å². The first-order valence-corrected chi connectivity index (χ1v) is 4.03. The van der Waals surface area contributed by atoms with Crippen LogP contribution in [0.15, 0.2) is 39.6 Å². The number of rotatable bonds is 2. The largest absolute Gasteiger partial charge is 0.621 e. The van der Waals surface area contributed by atoms with Crippen molar-refractivity contribution < 1.29 is 14.1 Å². The van der Waals surface area contributed by atoms with Gasteiger partial charge in [0.1, 0.15) is 4.92 Å². The van der Waals surface area contributed by atoms with Crippen molar-refractivity contribution in [2.75, 3.05) is 0 Å². The lowest BCUT2D eigenvalue weighted by Crippen LogP contribution is -2.36. The zero-order chi connectivity index (χ0) is 10.8. The maximum Gasteiger partial charge on any atom is 0.621 e. The number of nitro groups is 1. The predicted octanol–water partition coefficient (Wildman–Crippen LogP) is 0.153. The molecule has 0 amide bonds. The van der Waals surface area contributed by atoms with Crippen molar-refractivity contribution in [3.63, 3.8) is 0 Å². The molecule has 0 atom stereocenters. The number of nitrogens with one attached hydrogen (secondary N) is 1. The highest BCUT2D eigenvalue weighted by Crippen LogP contribution is 2.01. The molecule has 15 heavy (non-hydrogen) atoms. The van der Waals surface area contributed by atoms with Gasteiger partial charge in [-0.05, 0) is 5.27 Å². The normalized spacial score (nSPS) is 10.1. The predicted molar refractivity (Wildman–Crippen MR) is 47.5 cm³/mol. The van der Waals surface area contributed by atoms with E-state index in [-0.39, 0.29) is 0 Å². The molecule has 0 aliphatic heterocycles. The molecule has 2 rings (SSSR count). The number of H-pyrrole nitrogens is 1. The number of hydrogen-bond donors (Lipinski definition) is 1. The van der Waals surface area contributed by atoms with Gasteiger partial charge in [-0.1, -0.05) is 18.2 Å². The van der Waals surface area contributed by atoms with E-state index in [1.807, 2.05) is 0 Å². The van der Waals surface area contributed by atoms with E-state index in [0.29, 0.717) is 5.69 Å². The molecular formula is C8H6N3O4+. The Morgan fingerprint density at radius 1 is 1.33 bits per heavy atom. The van der Waals surface area contributed by atoms with Crippen LogP contribution in [0.25, 0.3) is 5.69 Å². The fraction of sp³-hybridized carbons (Fsp3) is 0. The lowest BCUT2D eigenvalue weighted by atomic mass is 10.3. The van der Waals surface area contributed by atoms with Crippen molar-refractivity contribution in [3.8, 4) is 5.69 Å². The molecule has 1 aromatic carbocycles. The summed E-state index contributed by atoms with van der Waals surface area (Å²) in [5.41, 5.74) is -0.557. The summed E-state index contributed by atoms with van der Waals surface area (Å²) in [6, 6.07) is 8.36. The van der Waals surface area contributed by atoms with Crippen LogP contribution in [0.1, 0.15) is 0 Å². The van der Waals surface area contributed by atoms with E-state index in [1.165, 1.54) is 0 Å². The first kappa shape index (κ1) is 9.13. The van der Waals surface area contributed by atoms with Gasteiger partial charge in [-0.3, -0.25) is 14.6 Å². The Balaban J connectivity index is 2.65. The zero-order valence-electron chi connectivity index (χ0n) is 7.41. The van der Waals surface area contributed by atoms with Crippen LogP contribution in [0.3, 0.4) is 0 Å². The number of aromatic amines is 1. The Kier molecular flexibility index (Phi) is 2.05. The smallest absolute Gasteiger partial charge is 0.277 e. The average Bonchev–Trinajstić information content (AvgIpc) is 2.61. The molecule has 0 fully saturated rings. The van der Waals surface area contributed by atoms with Crippen LogP contribution >= 0.6 is 0 Å². The lowest BCUT2D eigenvalue weighted by Gasteiger charge is -1.86. The molecule has 0 saturated heterocycles. The van der Waals surface area contributed by atoms with Crippen molar-refractivity contribution >= 4 is 5.82 Å². The van der Waals surface area contributed by atoms with Gasteiger partial charge in [0, 0.05) is 16.8 Å². The minimum atomic E-state index is -1.01. The minimum absolute atomic E-state index is 0.454. The highest BCUT2D eigenvalue weighted by atomic mass is 16.6. The van der Waals surface area contributed by atoms with Gasteiger partial charge in [-0.2, -0.15) is 0 Å². The molecule has 7 nitrogen and oxygen atoms in total. The van der Waals surface area contributed by atoms with E-state index < -0.39 is 16.4 Å². The summed E-state index contributed by atoms with van der Waals surface area (Å²) in [6.45, 7) is 0. The van der Waals surface area contributed by atoms with Gasteiger partial charge in [-0.15, -0.1) is 0 Å². The third-order valence-electron chi connectivity index (χ3n) is 1.81. The van der Waals surface area contributed by atoms with Gasteiger partial charge >= 0.3 is 11.4 Å². The van der Waals surface area contributed by atoms with Crippen molar-refractivity contribution in [2.45, 2.75) is 0 Å². The third kappa shape index (κ3) is 1.50. The monoisotopic (exact) mass is 208 g/mol. The van der Waals surface area contributed by atoms with Crippen LogP contribution in [0.5, 0.6) is 0 Å². The fourth-order valence-corrected chi connectivity index (χ4v) is 1.18. The Bertz CT molecular complexity index is 543. The molecular weight excluding hydrogens is 202 g/mol. The molecule has 0 saturated carbocycles. The SMILES string of the molecule is O=c1o[nH][n+](-c2ccccc2)c1[N+](=O)[O-]. The molecule has 0 spiro atoms. The number of aromatic nitrogens is 2. The van der Waals surface area contributed by atoms with Gasteiger partial charge in [0.25, 0.3) is 0 Å². The van der Waals surface area contributed by atoms with Gasteiger partial charge in [-0.25, -0.2) is 4.79 Å². The summed E-state index contributed by atoms with van der Waals surface area (Å²) in [5.74, 6) is -0.652. The molecule has 0 radical (unpaired) electrons. The lowest BCUT2D eigenvalue weighted by molar-refractivity contribution is -0.712. The average molecular weight is 208 g/mol. The number of para-hydroxylation sites is 1. The summed E-state index contributed by atoms with van der Waals surface area (Å²) in [4.78, 5) is 20.8. The number of benzene rings is 1. The van der Waals surface area contributed by atoms with E-state index in [0.717, 1.165) is 4.68 Å². The van der Waals surface area contributed by atoms with Crippen LogP contribution < -0.4 is 10.3 Å². The highest BCUT2D eigenvalue weighted by molar-refractivity contribution is 5.22. The van der Waals surface area contributed by atoms with Gasteiger partial charge in [0.05, 0.1) is 0 Å². The summed E-state index contributed by atoms with van der Waals surface area (Å²) >= 11 is 0. The summed E-state index contributed by atoms with van der Waals surface area (Å²) in [6.07, 6.45) is 0. The van der Waals surface area contributed by atoms with Gasteiger partial charge < -0.3 is 0 Å².